The number of fused-ring (bicyclic) bond motifs is 1. The molecule has 2 aromatic rings. The number of amides is 2. The zero-order valence-corrected chi connectivity index (χ0v) is 20.3. The molecule has 2 amide bonds. The average molecular weight is 459 g/mol. The summed E-state index contributed by atoms with van der Waals surface area (Å²) in [5, 5.41) is 2.08. The maximum atomic E-state index is 13.4. The van der Waals surface area contributed by atoms with Crippen LogP contribution in [0.4, 0.5) is 0 Å². The summed E-state index contributed by atoms with van der Waals surface area (Å²) in [5.74, 6) is 1.04. The molecule has 6 nitrogen and oxygen atoms in total. The van der Waals surface area contributed by atoms with Crippen molar-refractivity contribution in [2.75, 3.05) is 40.0 Å². The van der Waals surface area contributed by atoms with Crippen LogP contribution in [0.5, 0.6) is 5.75 Å². The Hall–Kier alpha value is -2.38. The molecule has 1 aromatic heterocycles. The Bertz CT molecular complexity index is 894. The van der Waals surface area contributed by atoms with Crippen molar-refractivity contribution in [1.29, 1.82) is 0 Å². The SMILES string of the molecule is COCC(=O)N(CCC(C)C)CC(=O)N1CCc2sccc2C1COc1ccc(C)cc1. The van der Waals surface area contributed by atoms with Gasteiger partial charge in [0.05, 0.1) is 12.6 Å². The molecule has 0 saturated heterocycles. The highest BCUT2D eigenvalue weighted by Crippen LogP contribution is 2.34. The van der Waals surface area contributed by atoms with Crippen molar-refractivity contribution in [3.63, 3.8) is 0 Å². The number of hydrogen-bond donors (Lipinski definition) is 0. The number of carbonyl (C=O) groups excluding carboxylic acids is 2. The standard InChI is InChI=1S/C25H34N2O4S/c1-18(2)9-12-26(25(29)17-30-4)15-24(28)27-13-10-23-21(11-14-32-23)22(27)16-31-20-7-5-19(3)6-8-20/h5-8,11,14,18,22H,9-10,12-13,15-17H2,1-4H3. The summed E-state index contributed by atoms with van der Waals surface area (Å²) >= 11 is 1.73. The number of nitrogens with zero attached hydrogens (tertiary/aromatic N) is 2. The lowest BCUT2D eigenvalue weighted by Crippen LogP contribution is -2.48. The van der Waals surface area contributed by atoms with Gasteiger partial charge in [-0.15, -0.1) is 11.3 Å². The summed E-state index contributed by atoms with van der Waals surface area (Å²) in [6, 6.07) is 9.87. The summed E-state index contributed by atoms with van der Waals surface area (Å²) < 4.78 is 11.1. The molecule has 0 bridgehead atoms. The summed E-state index contributed by atoms with van der Waals surface area (Å²) in [5.41, 5.74) is 2.33. The van der Waals surface area contributed by atoms with E-state index in [1.54, 1.807) is 16.2 Å². The van der Waals surface area contributed by atoms with Crippen LogP contribution in [0.3, 0.4) is 0 Å². The Morgan fingerprint density at radius 1 is 1.22 bits per heavy atom. The van der Waals surface area contributed by atoms with Crippen LogP contribution in [0, 0.1) is 12.8 Å². The van der Waals surface area contributed by atoms with Gasteiger partial charge in [0.15, 0.2) is 0 Å². The van der Waals surface area contributed by atoms with E-state index in [0.717, 1.165) is 24.2 Å². The van der Waals surface area contributed by atoms with Crippen LogP contribution in [0.25, 0.3) is 0 Å². The fourth-order valence-corrected chi connectivity index (χ4v) is 4.79. The van der Waals surface area contributed by atoms with E-state index >= 15 is 0 Å². The van der Waals surface area contributed by atoms with Gasteiger partial charge in [0.1, 0.15) is 19.0 Å². The van der Waals surface area contributed by atoms with Crippen molar-refractivity contribution in [1.82, 2.24) is 9.80 Å². The van der Waals surface area contributed by atoms with Crippen molar-refractivity contribution in [3.05, 3.63) is 51.7 Å². The molecule has 1 aromatic carbocycles. The van der Waals surface area contributed by atoms with E-state index in [-0.39, 0.29) is 31.0 Å². The lowest BCUT2D eigenvalue weighted by molar-refractivity contribution is -0.144. The molecule has 0 N–H and O–H groups in total. The minimum Gasteiger partial charge on any atom is -0.491 e. The molecule has 1 aliphatic rings. The molecule has 3 rings (SSSR count). The fraction of sp³-hybridized carbons (Fsp3) is 0.520. The summed E-state index contributed by atoms with van der Waals surface area (Å²) in [6.45, 7) is 7.88. The van der Waals surface area contributed by atoms with Crippen LogP contribution in [-0.2, 0) is 20.7 Å². The van der Waals surface area contributed by atoms with Crippen molar-refractivity contribution in [2.24, 2.45) is 5.92 Å². The number of aryl methyl sites for hydroxylation is 1. The Labute approximate surface area is 195 Å². The smallest absolute Gasteiger partial charge is 0.249 e. The van der Waals surface area contributed by atoms with Gasteiger partial charge in [0.2, 0.25) is 11.8 Å². The molecule has 1 aliphatic heterocycles. The molecule has 2 heterocycles. The number of methoxy groups -OCH3 is 1. The Kier molecular flexibility index (Phi) is 8.70. The van der Waals surface area contributed by atoms with Gasteiger partial charge >= 0.3 is 0 Å². The van der Waals surface area contributed by atoms with Gasteiger partial charge in [0, 0.05) is 25.1 Å². The first-order chi connectivity index (χ1) is 15.4. The molecule has 32 heavy (non-hydrogen) atoms. The molecular weight excluding hydrogens is 424 g/mol. The third kappa shape index (κ3) is 6.33. The summed E-state index contributed by atoms with van der Waals surface area (Å²) in [7, 11) is 1.50. The third-order valence-electron chi connectivity index (χ3n) is 5.77. The van der Waals surface area contributed by atoms with Gasteiger partial charge in [-0.05, 0) is 54.8 Å². The predicted molar refractivity (Wildman–Crippen MR) is 127 cm³/mol. The van der Waals surface area contributed by atoms with Crippen LogP contribution in [0.2, 0.25) is 0 Å². The van der Waals surface area contributed by atoms with Crippen molar-refractivity contribution in [2.45, 2.75) is 39.7 Å². The largest absolute Gasteiger partial charge is 0.491 e. The number of benzene rings is 1. The maximum Gasteiger partial charge on any atom is 0.249 e. The number of rotatable bonds is 10. The van der Waals surface area contributed by atoms with Gasteiger partial charge < -0.3 is 19.3 Å². The number of hydrogen-bond acceptors (Lipinski definition) is 5. The van der Waals surface area contributed by atoms with Crippen LogP contribution < -0.4 is 4.74 Å². The second-order valence-electron chi connectivity index (χ2n) is 8.71. The maximum absolute atomic E-state index is 13.4. The Morgan fingerprint density at radius 2 is 1.97 bits per heavy atom. The molecule has 0 spiro atoms. The Balaban J connectivity index is 1.74. The normalized spacial score (nSPS) is 15.5. The van der Waals surface area contributed by atoms with Gasteiger partial charge in [-0.25, -0.2) is 0 Å². The van der Waals surface area contributed by atoms with E-state index in [1.807, 2.05) is 36.1 Å². The molecule has 174 valence electrons. The first kappa shape index (κ1) is 24.3. The monoisotopic (exact) mass is 458 g/mol. The lowest BCUT2D eigenvalue weighted by Gasteiger charge is -2.37. The molecule has 0 saturated carbocycles. The molecule has 0 radical (unpaired) electrons. The van der Waals surface area contributed by atoms with Crippen LogP contribution in [0.15, 0.2) is 35.7 Å². The van der Waals surface area contributed by atoms with Crippen LogP contribution >= 0.6 is 11.3 Å². The van der Waals surface area contributed by atoms with E-state index in [9.17, 15) is 9.59 Å². The molecule has 1 atom stereocenters. The van der Waals surface area contributed by atoms with Crippen molar-refractivity contribution < 1.29 is 19.1 Å². The van der Waals surface area contributed by atoms with Gasteiger partial charge in [-0.1, -0.05) is 31.5 Å². The zero-order valence-electron chi connectivity index (χ0n) is 19.5. The average Bonchev–Trinajstić information content (AvgIpc) is 3.25. The summed E-state index contributed by atoms with van der Waals surface area (Å²) in [4.78, 5) is 30.8. The molecule has 1 unspecified atom stereocenters. The molecule has 0 fully saturated rings. The highest BCUT2D eigenvalue weighted by Gasteiger charge is 2.33. The van der Waals surface area contributed by atoms with Crippen LogP contribution in [0.1, 0.15) is 42.3 Å². The quantitative estimate of drug-likeness (QED) is 0.538. The Morgan fingerprint density at radius 3 is 2.66 bits per heavy atom. The minimum atomic E-state index is -0.164. The zero-order chi connectivity index (χ0) is 23.1. The third-order valence-corrected chi connectivity index (χ3v) is 6.76. The second-order valence-corrected chi connectivity index (χ2v) is 9.71. The van der Waals surface area contributed by atoms with E-state index in [2.05, 4.69) is 25.3 Å². The lowest BCUT2D eigenvalue weighted by atomic mass is 10.0. The minimum absolute atomic E-state index is 0.0139. The fourth-order valence-electron chi connectivity index (χ4n) is 3.86. The first-order valence-electron chi connectivity index (χ1n) is 11.2. The first-order valence-corrected chi connectivity index (χ1v) is 12.1. The number of carbonyl (C=O) groups is 2. The van der Waals surface area contributed by atoms with Crippen molar-refractivity contribution >= 4 is 23.2 Å². The highest BCUT2D eigenvalue weighted by molar-refractivity contribution is 7.10. The van der Waals surface area contributed by atoms with Gasteiger partial charge in [0.25, 0.3) is 0 Å². The van der Waals surface area contributed by atoms with E-state index in [0.29, 0.717) is 25.6 Å². The second kappa shape index (κ2) is 11.5. The molecule has 0 aliphatic carbocycles. The number of thiophene rings is 1. The van der Waals surface area contributed by atoms with E-state index in [4.69, 9.17) is 9.47 Å². The van der Waals surface area contributed by atoms with E-state index in [1.165, 1.54) is 17.6 Å². The molecular formula is C25H34N2O4S. The van der Waals surface area contributed by atoms with Crippen LogP contribution in [-0.4, -0.2) is 61.6 Å². The van der Waals surface area contributed by atoms with Gasteiger partial charge in [-0.2, -0.15) is 0 Å². The van der Waals surface area contributed by atoms with E-state index < -0.39 is 0 Å². The van der Waals surface area contributed by atoms with Gasteiger partial charge in [-0.3, -0.25) is 9.59 Å². The molecule has 7 heteroatoms. The predicted octanol–water partition coefficient (Wildman–Crippen LogP) is 4.08. The topological polar surface area (TPSA) is 59.1 Å². The number of ether oxygens (including phenoxy) is 2. The highest BCUT2D eigenvalue weighted by atomic mass is 32.1. The van der Waals surface area contributed by atoms with Crippen molar-refractivity contribution in [3.8, 4) is 5.75 Å². The summed E-state index contributed by atoms with van der Waals surface area (Å²) in [6.07, 6.45) is 1.68.